The van der Waals surface area contributed by atoms with Gasteiger partial charge in [0.2, 0.25) is 0 Å². The fourth-order valence-corrected chi connectivity index (χ4v) is 3.72. The van der Waals surface area contributed by atoms with Gasteiger partial charge in [0.15, 0.2) is 11.3 Å². The highest BCUT2D eigenvalue weighted by molar-refractivity contribution is 6.42. The first-order chi connectivity index (χ1) is 15.6. The van der Waals surface area contributed by atoms with Crippen molar-refractivity contribution in [2.75, 3.05) is 5.32 Å². The Morgan fingerprint density at radius 1 is 0.781 bits per heavy atom. The van der Waals surface area contributed by atoms with Crippen molar-refractivity contribution in [2.24, 2.45) is 0 Å². The van der Waals surface area contributed by atoms with Crippen molar-refractivity contribution in [3.63, 3.8) is 0 Å². The molecule has 5 rings (SSSR count). The van der Waals surface area contributed by atoms with Gasteiger partial charge in [-0.2, -0.15) is 5.10 Å². The Bertz CT molecular complexity index is 1430. The van der Waals surface area contributed by atoms with Crippen LogP contribution in [0.15, 0.2) is 91.0 Å². The standard InChI is InChI=1S/C25H16Cl2N4O/c26-19-12-11-18(13-20(19)27)28-25(32)22-15-24-29-21(16-7-3-1-4-8-16)14-23(31(24)30-22)17-9-5-2-6-10-17/h1-15H,(H,28,32). The van der Waals surface area contributed by atoms with Gasteiger partial charge in [-0.25, -0.2) is 9.50 Å². The molecule has 2 heterocycles. The van der Waals surface area contributed by atoms with Crippen LogP contribution in [0.4, 0.5) is 5.69 Å². The molecule has 0 aliphatic rings. The highest BCUT2D eigenvalue weighted by Gasteiger charge is 2.17. The molecule has 0 fully saturated rings. The first-order valence-electron chi connectivity index (χ1n) is 9.86. The fourth-order valence-electron chi connectivity index (χ4n) is 3.43. The Morgan fingerprint density at radius 3 is 2.16 bits per heavy atom. The third kappa shape index (κ3) is 3.96. The Balaban J connectivity index is 1.60. The van der Waals surface area contributed by atoms with Crippen LogP contribution in [0, 0.1) is 0 Å². The third-order valence-electron chi connectivity index (χ3n) is 4.98. The number of hydrogen-bond donors (Lipinski definition) is 1. The Hall–Kier alpha value is -3.67. The highest BCUT2D eigenvalue weighted by atomic mass is 35.5. The van der Waals surface area contributed by atoms with Crippen molar-refractivity contribution in [1.29, 1.82) is 0 Å². The van der Waals surface area contributed by atoms with Crippen LogP contribution in [-0.4, -0.2) is 20.5 Å². The molecule has 0 atom stereocenters. The normalized spacial score (nSPS) is 10.9. The molecule has 5 nitrogen and oxygen atoms in total. The van der Waals surface area contributed by atoms with Gasteiger partial charge in [-0.3, -0.25) is 4.79 Å². The second-order valence-electron chi connectivity index (χ2n) is 7.14. The Labute approximate surface area is 194 Å². The molecule has 0 saturated heterocycles. The molecule has 1 amide bonds. The zero-order valence-electron chi connectivity index (χ0n) is 16.7. The van der Waals surface area contributed by atoms with Gasteiger partial charge in [0.05, 0.1) is 21.4 Å². The number of carbonyl (C=O) groups is 1. The lowest BCUT2D eigenvalue weighted by molar-refractivity contribution is 0.102. The maximum absolute atomic E-state index is 12.9. The molecule has 0 radical (unpaired) electrons. The highest BCUT2D eigenvalue weighted by Crippen LogP contribution is 2.28. The minimum Gasteiger partial charge on any atom is -0.321 e. The zero-order chi connectivity index (χ0) is 22.1. The average molecular weight is 459 g/mol. The summed E-state index contributed by atoms with van der Waals surface area (Å²) in [6, 6.07) is 28.3. The van der Waals surface area contributed by atoms with Crippen molar-refractivity contribution >= 4 is 40.4 Å². The minimum absolute atomic E-state index is 0.242. The monoisotopic (exact) mass is 458 g/mol. The lowest BCUT2D eigenvalue weighted by Gasteiger charge is -2.08. The van der Waals surface area contributed by atoms with E-state index >= 15 is 0 Å². The Kier molecular flexibility index (Phi) is 5.35. The van der Waals surface area contributed by atoms with Crippen molar-refractivity contribution < 1.29 is 4.79 Å². The number of nitrogens with one attached hydrogen (secondary N) is 1. The summed E-state index contributed by atoms with van der Waals surface area (Å²) in [5, 5.41) is 8.13. The smallest absolute Gasteiger partial charge is 0.276 e. The topological polar surface area (TPSA) is 59.3 Å². The minimum atomic E-state index is -0.367. The number of carbonyl (C=O) groups excluding carboxylic acids is 1. The lowest BCUT2D eigenvalue weighted by Crippen LogP contribution is -2.12. The molecule has 7 heteroatoms. The molecular weight excluding hydrogens is 443 g/mol. The van der Waals surface area contributed by atoms with Crippen LogP contribution in [0.3, 0.4) is 0 Å². The van der Waals surface area contributed by atoms with Crippen molar-refractivity contribution in [1.82, 2.24) is 14.6 Å². The second kappa shape index (κ2) is 8.46. The second-order valence-corrected chi connectivity index (χ2v) is 7.96. The maximum Gasteiger partial charge on any atom is 0.276 e. The van der Waals surface area contributed by atoms with E-state index in [1.54, 1.807) is 28.8 Å². The van der Waals surface area contributed by atoms with Gasteiger partial charge in [-0.05, 0) is 24.3 Å². The summed E-state index contributed by atoms with van der Waals surface area (Å²) in [5.74, 6) is -0.367. The summed E-state index contributed by atoms with van der Waals surface area (Å²) in [6.45, 7) is 0. The molecule has 0 bridgehead atoms. The van der Waals surface area contributed by atoms with Crippen LogP contribution in [0.25, 0.3) is 28.2 Å². The molecule has 0 aliphatic heterocycles. The van der Waals surface area contributed by atoms with Crippen LogP contribution in [0.2, 0.25) is 10.0 Å². The van der Waals surface area contributed by atoms with E-state index in [1.807, 2.05) is 66.7 Å². The van der Waals surface area contributed by atoms with E-state index in [4.69, 9.17) is 28.2 Å². The predicted molar refractivity (Wildman–Crippen MR) is 128 cm³/mol. The molecule has 0 aliphatic carbocycles. The first kappa shape index (κ1) is 20.2. The molecule has 3 aromatic carbocycles. The lowest BCUT2D eigenvalue weighted by atomic mass is 10.1. The zero-order valence-corrected chi connectivity index (χ0v) is 18.2. The van der Waals surface area contributed by atoms with E-state index in [2.05, 4.69) is 10.4 Å². The quantitative estimate of drug-likeness (QED) is 0.329. The summed E-state index contributed by atoms with van der Waals surface area (Å²) >= 11 is 12.0. The van der Waals surface area contributed by atoms with Crippen LogP contribution >= 0.6 is 23.2 Å². The van der Waals surface area contributed by atoms with Gasteiger partial charge >= 0.3 is 0 Å². The van der Waals surface area contributed by atoms with Gasteiger partial charge in [0.1, 0.15) is 0 Å². The molecule has 2 aromatic heterocycles. The molecule has 0 unspecified atom stereocenters. The molecular formula is C25H16Cl2N4O. The summed E-state index contributed by atoms with van der Waals surface area (Å²) in [4.78, 5) is 17.6. The van der Waals surface area contributed by atoms with E-state index in [0.717, 1.165) is 22.5 Å². The predicted octanol–water partition coefficient (Wildman–Crippen LogP) is 6.62. The molecule has 5 aromatic rings. The number of fused-ring (bicyclic) bond motifs is 1. The number of amides is 1. The SMILES string of the molecule is O=C(Nc1ccc(Cl)c(Cl)c1)c1cc2nc(-c3ccccc3)cc(-c3ccccc3)n2n1. The average Bonchev–Trinajstić information content (AvgIpc) is 3.26. The largest absolute Gasteiger partial charge is 0.321 e. The fraction of sp³-hybridized carbons (Fsp3) is 0. The van der Waals surface area contributed by atoms with Gasteiger partial charge in [0.25, 0.3) is 5.91 Å². The van der Waals surface area contributed by atoms with Crippen molar-refractivity contribution in [2.45, 2.75) is 0 Å². The summed E-state index contributed by atoms with van der Waals surface area (Å²) in [6.07, 6.45) is 0. The van der Waals surface area contributed by atoms with E-state index < -0.39 is 0 Å². The summed E-state index contributed by atoms with van der Waals surface area (Å²) < 4.78 is 1.69. The number of benzene rings is 3. The summed E-state index contributed by atoms with van der Waals surface area (Å²) in [7, 11) is 0. The molecule has 0 saturated carbocycles. The van der Waals surface area contributed by atoms with Crippen LogP contribution in [-0.2, 0) is 0 Å². The van der Waals surface area contributed by atoms with E-state index in [0.29, 0.717) is 21.4 Å². The van der Waals surface area contributed by atoms with Crippen LogP contribution < -0.4 is 5.32 Å². The molecule has 1 N–H and O–H groups in total. The van der Waals surface area contributed by atoms with E-state index in [-0.39, 0.29) is 11.6 Å². The third-order valence-corrected chi connectivity index (χ3v) is 5.72. The van der Waals surface area contributed by atoms with Gasteiger partial charge in [0, 0.05) is 22.9 Å². The number of nitrogens with zero attached hydrogens (tertiary/aromatic N) is 3. The van der Waals surface area contributed by atoms with Gasteiger partial charge in [-0.1, -0.05) is 83.9 Å². The number of aromatic nitrogens is 3. The number of halogens is 2. The van der Waals surface area contributed by atoms with Crippen LogP contribution in [0.5, 0.6) is 0 Å². The molecule has 0 spiro atoms. The first-order valence-corrected chi connectivity index (χ1v) is 10.6. The molecule has 156 valence electrons. The van der Waals surface area contributed by atoms with Gasteiger partial charge < -0.3 is 5.32 Å². The van der Waals surface area contributed by atoms with E-state index in [1.165, 1.54) is 0 Å². The molecule has 32 heavy (non-hydrogen) atoms. The maximum atomic E-state index is 12.9. The van der Waals surface area contributed by atoms with Gasteiger partial charge in [-0.15, -0.1) is 0 Å². The number of hydrogen-bond acceptors (Lipinski definition) is 3. The van der Waals surface area contributed by atoms with E-state index in [9.17, 15) is 4.79 Å². The van der Waals surface area contributed by atoms with Crippen molar-refractivity contribution in [3.05, 3.63) is 107 Å². The van der Waals surface area contributed by atoms with Crippen LogP contribution in [0.1, 0.15) is 10.5 Å². The summed E-state index contributed by atoms with van der Waals surface area (Å²) in [5.41, 5.74) is 4.93. The number of rotatable bonds is 4. The number of anilines is 1. The van der Waals surface area contributed by atoms with Crippen molar-refractivity contribution in [3.8, 4) is 22.5 Å². The Morgan fingerprint density at radius 2 is 1.47 bits per heavy atom.